The lowest BCUT2D eigenvalue weighted by atomic mass is 10.1. The summed E-state index contributed by atoms with van der Waals surface area (Å²) in [4.78, 5) is 2.16. The van der Waals surface area contributed by atoms with Crippen LogP contribution in [0.1, 0.15) is 13.8 Å². The minimum atomic E-state index is -0.124. The molecule has 0 saturated carbocycles. The standard InChI is InChI=1S/C10H16N4O/c1-10(2)7-14(5-6-15-10)9-4-3-8(11)12-13-9/h3-4H,5-7H2,1-2H3,(H2,11,12). The molecule has 0 unspecified atom stereocenters. The van der Waals surface area contributed by atoms with Crippen molar-refractivity contribution in [3.8, 4) is 0 Å². The molecule has 1 aliphatic heterocycles. The molecule has 1 saturated heterocycles. The molecular formula is C10H16N4O. The van der Waals surface area contributed by atoms with Crippen LogP contribution in [0.2, 0.25) is 0 Å². The largest absolute Gasteiger partial charge is 0.382 e. The van der Waals surface area contributed by atoms with E-state index >= 15 is 0 Å². The molecule has 2 N–H and O–H groups in total. The summed E-state index contributed by atoms with van der Waals surface area (Å²) in [5.74, 6) is 1.31. The van der Waals surface area contributed by atoms with Crippen LogP contribution < -0.4 is 10.6 Å². The van der Waals surface area contributed by atoms with Crippen molar-refractivity contribution in [3.63, 3.8) is 0 Å². The van der Waals surface area contributed by atoms with Crippen LogP contribution in [0.25, 0.3) is 0 Å². The van der Waals surface area contributed by atoms with E-state index in [1.807, 2.05) is 6.07 Å². The van der Waals surface area contributed by atoms with Crippen LogP contribution in [-0.2, 0) is 4.74 Å². The Kier molecular flexibility index (Phi) is 2.48. The molecule has 0 spiro atoms. The Hall–Kier alpha value is -1.36. The molecule has 0 radical (unpaired) electrons. The third-order valence-electron chi connectivity index (χ3n) is 2.42. The fourth-order valence-electron chi connectivity index (χ4n) is 1.72. The van der Waals surface area contributed by atoms with Crippen LogP contribution in [0.15, 0.2) is 12.1 Å². The van der Waals surface area contributed by atoms with Gasteiger partial charge in [-0.2, -0.15) is 0 Å². The molecule has 1 aromatic heterocycles. The summed E-state index contributed by atoms with van der Waals surface area (Å²) < 4.78 is 5.63. The molecule has 0 aliphatic carbocycles. The van der Waals surface area contributed by atoms with Gasteiger partial charge >= 0.3 is 0 Å². The second-order valence-electron chi connectivity index (χ2n) is 4.35. The van der Waals surface area contributed by atoms with Crippen molar-refractivity contribution in [2.75, 3.05) is 30.3 Å². The highest BCUT2D eigenvalue weighted by molar-refractivity contribution is 5.42. The van der Waals surface area contributed by atoms with Gasteiger partial charge in [-0.25, -0.2) is 0 Å². The summed E-state index contributed by atoms with van der Waals surface area (Å²) in [6, 6.07) is 3.66. The van der Waals surface area contributed by atoms with Crippen LogP contribution in [0.5, 0.6) is 0 Å². The van der Waals surface area contributed by atoms with E-state index in [2.05, 4.69) is 28.9 Å². The first-order valence-corrected chi connectivity index (χ1v) is 5.05. The van der Waals surface area contributed by atoms with Crippen molar-refractivity contribution >= 4 is 11.6 Å². The van der Waals surface area contributed by atoms with E-state index < -0.39 is 0 Å². The lowest BCUT2D eigenvalue weighted by Gasteiger charge is -2.38. The molecule has 0 aromatic carbocycles. The molecule has 2 heterocycles. The van der Waals surface area contributed by atoms with Gasteiger partial charge in [0.2, 0.25) is 0 Å². The van der Waals surface area contributed by atoms with E-state index in [1.54, 1.807) is 6.07 Å². The summed E-state index contributed by atoms with van der Waals surface area (Å²) in [6.07, 6.45) is 0. The molecule has 15 heavy (non-hydrogen) atoms. The third kappa shape index (κ3) is 2.36. The average Bonchev–Trinajstić information content (AvgIpc) is 2.17. The van der Waals surface area contributed by atoms with Crippen molar-refractivity contribution in [2.45, 2.75) is 19.4 Å². The van der Waals surface area contributed by atoms with Crippen LogP contribution in [0.3, 0.4) is 0 Å². The minimum Gasteiger partial charge on any atom is -0.382 e. The maximum atomic E-state index is 5.63. The van der Waals surface area contributed by atoms with Gasteiger partial charge in [-0.05, 0) is 26.0 Å². The van der Waals surface area contributed by atoms with Crippen LogP contribution in [0.4, 0.5) is 11.6 Å². The van der Waals surface area contributed by atoms with Gasteiger partial charge in [-0.15, -0.1) is 10.2 Å². The number of hydrogen-bond donors (Lipinski definition) is 1. The van der Waals surface area contributed by atoms with E-state index in [1.165, 1.54) is 0 Å². The van der Waals surface area contributed by atoms with E-state index in [9.17, 15) is 0 Å². The molecule has 5 heteroatoms. The molecule has 2 rings (SSSR count). The Labute approximate surface area is 89.2 Å². The summed E-state index contributed by atoms with van der Waals surface area (Å²) in [6.45, 7) is 6.54. The molecule has 0 atom stereocenters. The van der Waals surface area contributed by atoms with Gasteiger partial charge in [0.25, 0.3) is 0 Å². The first kappa shape index (κ1) is 10.2. The Morgan fingerprint density at radius 1 is 1.40 bits per heavy atom. The van der Waals surface area contributed by atoms with E-state index in [-0.39, 0.29) is 5.60 Å². The molecule has 1 fully saturated rings. The van der Waals surface area contributed by atoms with Gasteiger partial charge in [-0.3, -0.25) is 0 Å². The van der Waals surface area contributed by atoms with E-state index in [0.717, 1.165) is 25.5 Å². The monoisotopic (exact) mass is 208 g/mol. The van der Waals surface area contributed by atoms with Crippen molar-refractivity contribution in [1.82, 2.24) is 10.2 Å². The van der Waals surface area contributed by atoms with Gasteiger partial charge in [-0.1, -0.05) is 0 Å². The molecule has 0 bridgehead atoms. The zero-order valence-electron chi connectivity index (χ0n) is 9.10. The number of nitrogens with two attached hydrogens (primary N) is 1. The lowest BCUT2D eigenvalue weighted by Crippen LogP contribution is -2.48. The smallest absolute Gasteiger partial charge is 0.151 e. The molecule has 5 nitrogen and oxygen atoms in total. The summed E-state index contributed by atoms with van der Waals surface area (Å²) in [7, 11) is 0. The summed E-state index contributed by atoms with van der Waals surface area (Å²) in [5.41, 5.74) is 5.37. The number of anilines is 2. The second kappa shape index (κ2) is 3.66. The first-order chi connectivity index (χ1) is 7.07. The quantitative estimate of drug-likeness (QED) is 0.735. The van der Waals surface area contributed by atoms with Gasteiger partial charge in [0.15, 0.2) is 5.82 Å². The first-order valence-electron chi connectivity index (χ1n) is 5.05. The highest BCUT2D eigenvalue weighted by Crippen LogP contribution is 2.20. The molecule has 0 amide bonds. The zero-order valence-corrected chi connectivity index (χ0v) is 9.10. The molecular weight excluding hydrogens is 192 g/mol. The number of hydrogen-bond acceptors (Lipinski definition) is 5. The fraction of sp³-hybridized carbons (Fsp3) is 0.600. The van der Waals surface area contributed by atoms with E-state index in [0.29, 0.717) is 5.82 Å². The van der Waals surface area contributed by atoms with Crippen molar-refractivity contribution in [3.05, 3.63) is 12.1 Å². The van der Waals surface area contributed by atoms with E-state index in [4.69, 9.17) is 10.5 Å². The number of nitrogen functional groups attached to an aromatic ring is 1. The van der Waals surface area contributed by atoms with Gasteiger partial charge in [0.1, 0.15) is 5.82 Å². The Bertz CT molecular complexity index is 336. The molecule has 1 aromatic rings. The van der Waals surface area contributed by atoms with Crippen LogP contribution in [-0.4, -0.2) is 35.5 Å². The van der Waals surface area contributed by atoms with Crippen LogP contribution in [0, 0.1) is 0 Å². The average molecular weight is 208 g/mol. The van der Waals surface area contributed by atoms with Crippen molar-refractivity contribution < 1.29 is 4.74 Å². The van der Waals surface area contributed by atoms with Crippen molar-refractivity contribution in [1.29, 1.82) is 0 Å². The van der Waals surface area contributed by atoms with Gasteiger partial charge in [0.05, 0.1) is 12.2 Å². The SMILES string of the molecule is CC1(C)CN(c2ccc(N)nn2)CCO1. The maximum Gasteiger partial charge on any atom is 0.151 e. The number of aromatic nitrogens is 2. The number of nitrogens with zero attached hydrogens (tertiary/aromatic N) is 3. The second-order valence-corrected chi connectivity index (χ2v) is 4.35. The van der Waals surface area contributed by atoms with Crippen LogP contribution >= 0.6 is 0 Å². The predicted molar refractivity (Wildman–Crippen MR) is 58.7 cm³/mol. The number of morpholine rings is 1. The Morgan fingerprint density at radius 2 is 2.20 bits per heavy atom. The number of rotatable bonds is 1. The Morgan fingerprint density at radius 3 is 2.80 bits per heavy atom. The minimum absolute atomic E-state index is 0.124. The fourth-order valence-corrected chi connectivity index (χ4v) is 1.72. The normalized spacial score (nSPS) is 20.3. The number of ether oxygens (including phenoxy) is 1. The van der Waals surface area contributed by atoms with Gasteiger partial charge in [0, 0.05) is 13.1 Å². The topological polar surface area (TPSA) is 64.3 Å². The highest BCUT2D eigenvalue weighted by Gasteiger charge is 2.27. The molecule has 1 aliphatic rings. The predicted octanol–water partition coefficient (Wildman–Crippen LogP) is 0.674. The van der Waals surface area contributed by atoms with Crippen molar-refractivity contribution in [2.24, 2.45) is 0 Å². The lowest BCUT2D eigenvalue weighted by molar-refractivity contribution is -0.0279. The Balaban J connectivity index is 2.13. The maximum absolute atomic E-state index is 5.63. The third-order valence-corrected chi connectivity index (χ3v) is 2.42. The van der Waals surface area contributed by atoms with Gasteiger partial charge < -0.3 is 15.4 Å². The highest BCUT2D eigenvalue weighted by atomic mass is 16.5. The summed E-state index contributed by atoms with van der Waals surface area (Å²) >= 11 is 0. The summed E-state index contributed by atoms with van der Waals surface area (Å²) in [5, 5.41) is 7.91. The molecule has 82 valence electrons. The zero-order chi connectivity index (χ0) is 10.9.